The van der Waals surface area contributed by atoms with Crippen LogP contribution in [-0.4, -0.2) is 36.5 Å². The summed E-state index contributed by atoms with van der Waals surface area (Å²) >= 11 is 1.87. The van der Waals surface area contributed by atoms with Gasteiger partial charge in [0.2, 0.25) is 5.91 Å². The van der Waals surface area contributed by atoms with Gasteiger partial charge in [0, 0.05) is 29.4 Å². The average Bonchev–Trinajstić information content (AvgIpc) is 3.33. The number of carbonyl (C=O) groups excluding carboxylic acids is 1. The fourth-order valence-electron chi connectivity index (χ4n) is 2.85. The molecule has 0 aromatic heterocycles. The Bertz CT molecular complexity index is 499. The van der Waals surface area contributed by atoms with Crippen molar-refractivity contribution in [1.29, 1.82) is 0 Å². The number of thioether (sulfide) groups is 1. The van der Waals surface area contributed by atoms with E-state index in [1.165, 1.54) is 4.90 Å². The van der Waals surface area contributed by atoms with E-state index < -0.39 is 6.04 Å². The number of rotatable bonds is 6. The molecular weight excluding hydrogens is 296 g/mol. The molecule has 0 spiro atoms. The van der Waals surface area contributed by atoms with Crippen LogP contribution in [0.3, 0.4) is 0 Å². The third-order valence-corrected chi connectivity index (χ3v) is 6.04. The van der Waals surface area contributed by atoms with Crippen molar-refractivity contribution < 1.29 is 9.53 Å². The van der Waals surface area contributed by atoms with E-state index >= 15 is 0 Å². The number of nitrogens with two attached hydrogens (primary N) is 1. The second kappa shape index (κ2) is 7.02. The number of amides is 1. The molecule has 1 aliphatic carbocycles. The number of ether oxygens (including phenoxy) is 1. The predicted molar refractivity (Wildman–Crippen MR) is 88.8 cm³/mol. The quantitative estimate of drug-likeness (QED) is 0.843. The Morgan fingerprint density at radius 1 is 1.32 bits per heavy atom. The highest BCUT2D eigenvalue weighted by atomic mass is 32.2. The lowest BCUT2D eigenvalue weighted by Gasteiger charge is -2.27. The van der Waals surface area contributed by atoms with Gasteiger partial charge < -0.3 is 15.8 Å². The minimum absolute atomic E-state index is 0.00756. The Balaban J connectivity index is 1.48. The van der Waals surface area contributed by atoms with E-state index in [2.05, 4.69) is 29.6 Å². The van der Waals surface area contributed by atoms with Crippen molar-refractivity contribution >= 4 is 17.7 Å². The van der Waals surface area contributed by atoms with Crippen molar-refractivity contribution in [2.45, 2.75) is 41.4 Å². The molecule has 1 saturated carbocycles. The molecule has 1 saturated heterocycles. The van der Waals surface area contributed by atoms with E-state index in [0.29, 0.717) is 6.54 Å². The van der Waals surface area contributed by atoms with Crippen molar-refractivity contribution in [3.8, 4) is 0 Å². The molecule has 1 heterocycles. The lowest BCUT2D eigenvalue weighted by molar-refractivity contribution is -0.124. The fraction of sp³-hybridized carbons (Fsp3) is 0.588. The largest absolute Gasteiger partial charge is 0.381 e. The van der Waals surface area contributed by atoms with Crippen LogP contribution in [0.2, 0.25) is 0 Å². The zero-order valence-electron chi connectivity index (χ0n) is 12.8. The van der Waals surface area contributed by atoms with Gasteiger partial charge in [0.05, 0.1) is 6.04 Å². The highest BCUT2D eigenvalue weighted by molar-refractivity contribution is 8.01. The second-order valence-corrected chi connectivity index (χ2v) is 7.83. The van der Waals surface area contributed by atoms with Gasteiger partial charge in [0.1, 0.15) is 0 Å². The molecule has 2 fully saturated rings. The van der Waals surface area contributed by atoms with Crippen molar-refractivity contribution in [3.63, 3.8) is 0 Å². The van der Waals surface area contributed by atoms with E-state index in [4.69, 9.17) is 10.5 Å². The van der Waals surface area contributed by atoms with Crippen LogP contribution in [0.1, 0.15) is 25.7 Å². The maximum atomic E-state index is 12.3. The van der Waals surface area contributed by atoms with Crippen molar-refractivity contribution in [2.24, 2.45) is 11.7 Å². The first-order valence-corrected chi connectivity index (χ1v) is 8.85. The van der Waals surface area contributed by atoms with Gasteiger partial charge in [-0.2, -0.15) is 0 Å². The molecule has 120 valence electrons. The lowest BCUT2D eigenvalue weighted by Crippen LogP contribution is -2.48. The van der Waals surface area contributed by atoms with E-state index in [1.54, 1.807) is 0 Å². The zero-order valence-corrected chi connectivity index (χ0v) is 13.6. The van der Waals surface area contributed by atoms with Gasteiger partial charge >= 0.3 is 0 Å². The predicted octanol–water partition coefficient (Wildman–Crippen LogP) is 2.18. The van der Waals surface area contributed by atoms with Gasteiger partial charge in [0.15, 0.2) is 0 Å². The third kappa shape index (κ3) is 4.03. The normalized spacial score (nSPS) is 22.0. The smallest absolute Gasteiger partial charge is 0.237 e. The molecule has 3 N–H and O–H groups in total. The van der Waals surface area contributed by atoms with Crippen LogP contribution < -0.4 is 11.1 Å². The molecule has 1 atom stereocenters. The maximum Gasteiger partial charge on any atom is 0.237 e. The minimum Gasteiger partial charge on any atom is -0.381 e. The summed E-state index contributed by atoms with van der Waals surface area (Å²) in [6, 6.07) is 9.98. The standard InChI is InChI=1S/C17H24N2O2S/c18-15(13-6-10-21-11-7-13)16(20)19-12-17(8-9-17)22-14-4-2-1-3-5-14/h1-5,13,15H,6-12,18H2,(H,19,20). The summed E-state index contributed by atoms with van der Waals surface area (Å²) in [6.07, 6.45) is 4.08. The Kier molecular flexibility index (Phi) is 5.06. The van der Waals surface area contributed by atoms with Gasteiger partial charge in [-0.25, -0.2) is 0 Å². The molecule has 4 nitrogen and oxygen atoms in total. The van der Waals surface area contributed by atoms with Crippen LogP contribution in [0, 0.1) is 5.92 Å². The summed E-state index contributed by atoms with van der Waals surface area (Å²) < 4.78 is 5.50. The molecule has 0 bridgehead atoms. The molecule has 1 amide bonds. The summed E-state index contributed by atoms with van der Waals surface area (Å²) in [4.78, 5) is 13.5. The molecule has 1 aromatic carbocycles. The van der Waals surface area contributed by atoms with E-state index in [1.807, 2.05) is 17.8 Å². The molecule has 1 unspecified atom stereocenters. The number of hydrogen-bond donors (Lipinski definition) is 2. The summed E-state index contributed by atoms with van der Waals surface area (Å²) in [5, 5.41) is 3.08. The van der Waals surface area contributed by atoms with E-state index in [0.717, 1.165) is 38.9 Å². The first-order chi connectivity index (χ1) is 10.7. The first kappa shape index (κ1) is 15.8. The van der Waals surface area contributed by atoms with Crippen LogP contribution in [0.4, 0.5) is 0 Å². The molecular formula is C17H24N2O2S. The third-order valence-electron chi connectivity index (χ3n) is 4.55. The molecule has 1 aromatic rings. The van der Waals surface area contributed by atoms with Crippen molar-refractivity contribution in [1.82, 2.24) is 5.32 Å². The van der Waals surface area contributed by atoms with Gasteiger partial charge in [-0.05, 0) is 43.7 Å². The Hall–Kier alpha value is -1.04. The van der Waals surface area contributed by atoms with Crippen LogP contribution >= 0.6 is 11.8 Å². The summed E-state index contributed by atoms with van der Waals surface area (Å²) in [7, 11) is 0. The van der Waals surface area contributed by atoms with Crippen LogP contribution in [0.25, 0.3) is 0 Å². The highest BCUT2D eigenvalue weighted by Gasteiger charge is 2.44. The molecule has 3 rings (SSSR count). The van der Waals surface area contributed by atoms with Crippen LogP contribution in [0.5, 0.6) is 0 Å². The molecule has 1 aliphatic heterocycles. The SMILES string of the molecule is NC(C(=O)NCC1(Sc2ccccc2)CC1)C1CCOCC1. The first-order valence-electron chi connectivity index (χ1n) is 8.04. The fourth-order valence-corrected chi connectivity index (χ4v) is 4.09. The Labute approximate surface area is 136 Å². The van der Waals surface area contributed by atoms with Gasteiger partial charge in [-0.3, -0.25) is 4.79 Å². The molecule has 5 heteroatoms. The van der Waals surface area contributed by atoms with Crippen LogP contribution in [-0.2, 0) is 9.53 Å². The summed E-state index contributed by atoms with van der Waals surface area (Å²) in [6.45, 7) is 2.15. The zero-order chi connectivity index (χ0) is 15.4. The average molecular weight is 320 g/mol. The van der Waals surface area contributed by atoms with Crippen LogP contribution in [0.15, 0.2) is 35.2 Å². The minimum atomic E-state index is -0.401. The second-order valence-electron chi connectivity index (χ2n) is 6.29. The lowest BCUT2D eigenvalue weighted by atomic mass is 9.92. The van der Waals surface area contributed by atoms with Crippen molar-refractivity contribution in [3.05, 3.63) is 30.3 Å². The number of hydrogen-bond acceptors (Lipinski definition) is 4. The Morgan fingerprint density at radius 2 is 2.00 bits per heavy atom. The van der Waals surface area contributed by atoms with Gasteiger partial charge in [-0.15, -0.1) is 11.8 Å². The van der Waals surface area contributed by atoms with Gasteiger partial charge in [0.25, 0.3) is 0 Å². The molecule has 22 heavy (non-hydrogen) atoms. The summed E-state index contributed by atoms with van der Waals surface area (Å²) in [5.41, 5.74) is 6.12. The summed E-state index contributed by atoms with van der Waals surface area (Å²) in [5.74, 6) is 0.248. The molecule has 0 radical (unpaired) electrons. The maximum absolute atomic E-state index is 12.3. The number of benzene rings is 1. The molecule has 2 aliphatic rings. The van der Waals surface area contributed by atoms with Crippen molar-refractivity contribution in [2.75, 3.05) is 19.8 Å². The number of carbonyl (C=O) groups is 1. The van der Waals surface area contributed by atoms with E-state index in [9.17, 15) is 4.79 Å². The highest BCUT2D eigenvalue weighted by Crippen LogP contribution is 2.51. The topological polar surface area (TPSA) is 64.4 Å². The Morgan fingerprint density at radius 3 is 2.64 bits per heavy atom. The number of nitrogens with one attached hydrogen (secondary N) is 1. The monoisotopic (exact) mass is 320 g/mol. The van der Waals surface area contributed by atoms with E-state index in [-0.39, 0.29) is 16.6 Å². The van der Waals surface area contributed by atoms with Gasteiger partial charge in [-0.1, -0.05) is 18.2 Å².